The molecular weight excluding hydrogens is 254 g/mol. The van der Waals surface area contributed by atoms with Crippen LogP contribution >= 0.6 is 0 Å². The van der Waals surface area contributed by atoms with Crippen LogP contribution in [0.25, 0.3) is 0 Å². The summed E-state index contributed by atoms with van der Waals surface area (Å²) in [5, 5.41) is 11.4. The van der Waals surface area contributed by atoms with Gasteiger partial charge in [-0.1, -0.05) is 12.1 Å². The second-order valence-corrected chi connectivity index (χ2v) is 4.38. The first kappa shape index (κ1) is 13.6. The Morgan fingerprint density at radius 3 is 2.55 bits per heavy atom. The topological polar surface area (TPSA) is 85.8 Å². The van der Waals surface area contributed by atoms with E-state index >= 15 is 0 Å². The molecule has 0 unspecified atom stereocenters. The Labute approximate surface area is 115 Å². The molecule has 0 fully saturated rings. The molecule has 0 aliphatic carbocycles. The number of hydrogen-bond donors (Lipinski definition) is 2. The molecule has 0 aliphatic heterocycles. The van der Waals surface area contributed by atoms with Crippen molar-refractivity contribution in [3.63, 3.8) is 0 Å². The van der Waals surface area contributed by atoms with E-state index in [1.165, 1.54) is 6.07 Å². The number of aromatic amines is 1. The van der Waals surface area contributed by atoms with Gasteiger partial charge in [0.15, 0.2) is 0 Å². The third-order valence-corrected chi connectivity index (χ3v) is 2.84. The van der Waals surface area contributed by atoms with Crippen molar-refractivity contribution in [1.29, 1.82) is 5.26 Å². The minimum Gasteiger partial charge on any atom is -0.348 e. The number of nitriles is 1. The van der Waals surface area contributed by atoms with Crippen LogP contribution in [0.15, 0.2) is 41.2 Å². The third-order valence-electron chi connectivity index (χ3n) is 2.84. The Morgan fingerprint density at radius 1 is 1.25 bits per heavy atom. The standard InChI is InChI=1S/C15H13N3O2/c1-10-2-7-13(15(20)18-10)14(19)17-9-12-5-3-11(8-16)4-6-12/h2-7H,9H2,1H3,(H,17,19)(H,18,20). The Hall–Kier alpha value is -2.87. The number of aryl methyl sites for hydroxylation is 1. The van der Waals surface area contributed by atoms with Crippen LogP contribution in [0.3, 0.4) is 0 Å². The minimum atomic E-state index is -0.421. The van der Waals surface area contributed by atoms with Crippen molar-refractivity contribution in [3.8, 4) is 6.07 Å². The van der Waals surface area contributed by atoms with Crippen molar-refractivity contribution in [1.82, 2.24) is 10.3 Å². The molecule has 0 saturated carbocycles. The minimum absolute atomic E-state index is 0.0873. The summed E-state index contributed by atoms with van der Waals surface area (Å²) in [7, 11) is 0. The Balaban J connectivity index is 2.05. The maximum absolute atomic E-state index is 11.9. The van der Waals surface area contributed by atoms with E-state index in [2.05, 4.69) is 10.3 Å². The zero-order valence-electron chi connectivity index (χ0n) is 10.9. The average Bonchev–Trinajstić information content (AvgIpc) is 2.45. The number of nitrogens with one attached hydrogen (secondary N) is 2. The third kappa shape index (κ3) is 3.12. The van der Waals surface area contributed by atoms with E-state index in [4.69, 9.17) is 5.26 Å². The summed E-state index contributed by atoms with van der Waals surface area (Å²) in [5.74, 6) is -0.421. The quantitative estimate of drug-likeness (QED) is 0.883. The molecule has 2 N–H and O–H groups in total. The molecule has 0 spiro atoms. The molecule has 20 heavy (non-hydrogen) atoms. The maximum Gasteiger partial charge on any atom is 0.260 e. The fourth-order valence-electron chi connectivity index (χ4n) is 1.73. The molecule has 0 radical (unpaired) electrons. The van der Waals surface area contributed by atoms with Crippen molar-refractivity contribution in [2.24, 2.45) is 0 Å². The lowest BCUT2D eigenvalue weighted by atomic mass is 10.1. The molecule has 100 valence electrons. The van der Waals surface area contributed by atoms with Gasteiger partial charge < -0.3 is 10.3 Å². The maximum atomic E-state index is 11.9. The normalized spacial score (nSPS) is 9.80. The number of amides is 1. The fraction of sp³-hybridized carbons (Fsp3) is 0.133. The van der Waals surface area contributed by atoms with Gasteiger partial charge in [-0.3, -0.25) is 9.59 Å². The van der Waals surface area contributed by atoms with E-state index in [9.17, 15) is 9.59 Å². The van der Waals surface area contributed by atoms with Crippen LogP contribution in [0.2, 0.25) is 0 Å². The number of rotatable bonds is 3. The molecule has 0 aliphatic rings. The van der Waals surface area contributed by atoms with Gasteiger partial charge in [-0.25, -0.2) is 0 Å². The van der Waals surface area contributed by atoms with Crippen LogP contribution in [-0.2, 0) is 6.54 Å². The zero-order chi connectivity index (χ0) is 14.5. The zero-order valence-corrected chi connectivity index (χ0v) is 10.9. The second kappa shape index (κ2) is 5.85. The van der Waals surface area contributed by atoms with Crippen molar-refractivity contribution >= 4 is 5.91 Å². The van der Waals surface area contributed by atoms with Crippen molar-refractivity contribution in [2.75, 3.05) is 0 Å². The lowest BCUT2D eigenvalue weighted by Gasteiger charge is -2.05. The molecule has 5 heteroatoms. The predicted molar refractivity (Wildman–Crippen MR) is 74.1 cm³/mol. The van der Waals surface area contributed by atoms with Crippen LogP contribution < -0.4 is 10.9 Å². The average molecular weight is 267 g/mol. The van der Waals surface area contributed by atoms with Gasteiger partial charge >= 0.3 is 0 Å². The predicted octanol–water partition coefficient (Wildman–Crippen LogP) is 1.48. The first-order chi connectivity index (χ1) is 9.60. The van der Waals surface area contributed by atoms with Gasteiger partial charge in [0.2, 0.25) is 0 Å². The highest BCUT2D eigenvalue weighted by atomic mass is 16.2. The monoisotopic (exact) mass is 267 g/mol. The van der Waals surface area contributed by atoms with Crippen molar-refractivity contribution in [2.45, 2.75) is 13.5 Å². The van der Waals surface area contributed by atoms with Crippen molar-refractivity contribution < 1.29 is 4.79 Å². The summed E-state index contributed by atoms with van der Waals surface area (Å²) < 4.78 is 0. The largest absolute Gasteiger partial charge is 0.348 e. The summed E-state index contributed by atoms with van der Waals surface area (Å²) in [4.78, 5) is 26.1. The first-order valence-corrected chi connectivity index (χ1v) is 6.07. The summed E-state index contributed by atoms with van der Waals surface area (Å²) in [5.41, 5.74) is 1.82. The lowest BCUT2D eigenvalue weighted by Crippen LogP contribution is -2.29. The fourth-order valence-corrected chi connectivity index (χ4v) is 1.73. The van der Waals surface area contributed by atoms with Crippen LogP contribution in [0.1, 0.15) is 27.2 Å². The van der Waals surface area contributed by atoms with E-state index in [-0.39, 0.29) is 5.56 Å². The second-order valence-electron chi connectivity index (χ2n) is 4.38. The SMILES string of the molecule is Cc1ccc(C(=O)NCc2ccc(C#N)cc2)c(=O)[nH]1. The van der Waals surface area contributed by atoms with Gasteiger partial charge in [0, 0.05) is 12.2 Å². The smallest absolute Gasteiger partial charge is 0.260 e. The van der Waals surface area contributed by atoms with E-state index in [1.807, 2.05) is 6.07 Å². The molecule has 2 aromatic rings. The van der Waals surface area contributed by atoms with Crippen LogP contribution in [0.4, 0.5) is 0 Å². The number of H-pyrrole nitrogens is 1. The van der Waals surface area contributed by atoms with E-state index in [0.29, 0.717) is 17.8 Å². The van der Waals surface area contributed by atoms with Crippen LogP contribution in [0.5, 0.6) is 0 Å². The van der Waals surface area contributed by atoms with Crippen molar-refractivity contribution in [3.05, 3.63) is 69.1 Å². The molecule has 5 nitrogen and oxygen atoms in total. The van der Waals surface area contributed by atoms with Gasteiger partial charge in [0.1, 0.15) is 5.56 Å². The van der Waals surface area contributed by atoms with Crippen LogP contribution in [-0.4, -0.2) is 10.9 Å². The van der Waals surface area contributed by atoms with E-state index in [0.717, 1.165) is 5.56 Å². The highest BCUT2D eigenvalue weighted by molar-refractivity contribution is 5.93. The van der Waals surface area contributed by atoms with Gasteiger partial charge in [0.25, 0.3) is 11.5 Å². The molecule has 1 heterocycles. The lowest BCUT2D eigenvalue weighted by molar-refractivity contribution is 0.0949. The molecule has 2 rings (SSSR count). The number of nitrogens with zero attached hydrogens (tertiary/aromatic N) is 1. The highest BCUT2D eigenvalue weighted by Gasteiger charge is 2.09. The summed E-state index contributed by atoms with van der Waals surface area (Å²) in [6, 6.07) is 12.1. The van der Waals surface area contributed by atoms with Gasteiger partial charge in [-0.2, -0.15) is 5.26 Å². The first-order valence-electron chi connectivity index (χ1n) is 6.07. The molecule has 0 saturated heterocycles. The summed E-state index contributed by atoms with van der Waals surface area (Å²) in [6.07, 6.45) is 0. The summed E-state index contributed by atoms with van der Waals surface area (Å²) >= 11 is 0. The number of hydrogen-bond acceptors (Lipinski definition) is 3. The van der Waals surface area contributed by atoms with Gasteiger partial charge in [0.05, 0.1) is 11.6 Å². The highest BCUT2D eigenvalue weighted by Crippen LogP contribution is 2.03. The Bertz CT molecular complexity index is 724. The molecule has 1 aromatic heterocycles. The number of benzene rings is 1. The summed E-state index contributed by atoms with van der Waals surface area (Å²) in [6.45, 7) is 2.05. The number of carbonyl (C=O) groups excluding carboxylic acids is 1. The van der Waals surface area contributed by atoms with Crippen LogP contribution in [0, 0.1) is 18.3 Å². The molecule has 0 atom stereocenters. The van der Waals surface area contributed by atoms with Gasteiger partial charge in [-0.05, 0) is 36.8 Å². The molecule has 1 amide bonds. The molecular formula is C15H13N3O2. The van der Waals surface area contributed by atoms with Gasteiger partial charge in [-0.15, -0.1) is 0 Å². The number of carbonyl (C=O) groups is 1. The Morgan fingerprint density at radius 2 is 1.95 bits per heavy atom. The number of pyridine rings is 1. The van der Waals surface area contributed by atoms with E-state index in [1.54, 1.807) is 37.3 Å². The van der Waals surface area contributed by atoms with E-state index < -0.39 is 11.5 Å². The Kier molecular flexibility index (Phi) is 3.96. The molecule has 0 bridgehead atoms. The molecule has 1 aromatic carbocycles. The number of aromatic nitrogens is 1.